The van der Waals surface area contributed by atoms with Crippen LogP contribution in [-0.4, -0.2) is 24.4 Å². The lowest BCUT2D eigenvalue weighted by molar-refractivity contribution is 0.0566. The second kappa shape index (κ2) is 5.33. The molecule has 0 aliphatic carbocycles. The molecule has 0 saturated heterocycles. The summed E-state index contributed by atoms with van der Waals surface area (Å²) in [7, 11) is 1.65. The van der Waals surface area contributed by atoms with Gasteiger partial charge >= 0.3 is 0 Å². The van der Waals surface area contributed by atoms with Gasteiger partial charge in [-0.25, -0.2) is 0 Å². The SMILES string of the molecule is C=C(C)CC(O)CC(C)OC. The Kier molecular flexibility index (Phi) is 5.16. The molecule has 0 bridgehead atoms. The lowest BCUT2D eigenvalue weighted by Crippen LogP contribution is -2.16. The molecule has 2 unspecified atom stereocenters. The second-order valence-corrected chi connectivity index (χ2v) is 3.10. The highest BCUT2D eigenvalue weighted by atomic mass is 16.5. The van der Waals surface area contributed by atoms with Gasteiger partial charge in [0.2, 0.25) is 0 Å². The Bertz CT molecular complexity index is 121. The van der Waals surface area contributed by atoms with E-state index in [-0.39, 0.29) is 12.2 Å². The van der Waals surface area contributed by atoms with E-state index in [0.29, 0.717) is 12.8 Å². The van der Waals surface area contributed by atoms with E-state index in [1.165, 1.54) is 0 Å². The number of methoxy groups -OCH3 is 1. The lowest BCUT2D eigenvalue weighted by atomic mass is 10.1. The summed E-state index contributed by atoms with van der Waals surface area (Å²) in [6, 6.07) is 0. The van der Waals surface area contributed by atoms with Crippen molar-refractivity contribution in [2.45, 2.75) is 38.9 Å². The van der Waals surface area contributed by atoms with Crippen molar-refractivity contribution >= 4 is 0 Å². The molecule has 11 heavy (non-hydrogen) atoms. The zero-order chi connectivity index (χ0) is 8.85. The summed E-state index contributed by atoms with van der Waals surface area (Å²) < 4.78 is 5.01. The van der Waals surface area contributed by atoms with Crippen LogP contribution in [0.3, 0.4) is 0 Å². The van der Waals surface area contributed by atoms with E-state index in [2.05, 4.69) is 6.58 Å². The van der Waals surface area contributed by atoms with Gasteiger partial charge in [0, 0.05) is 7.11 Å². The maximum Gasteiger partial charge on any atom is 0.0601 e. The molecular weight excluding hydrogens is 140 g/mol. The van der Waals surface area contributed by atoms with Crippen molar-refractivity contribution in [2.75, 3.05) is 7.11 Å². The standard InChI is InChI=1S/C9H18O2/c1-7(2)5-9(10)6-8(3)11-4/h8-10H,1,5-6H2,2-4H3. The van der Waals surface area contributed by atoms with E-state index >= 15 is 0 Å². The van der Waals surface area contributed by atoms with Crippen molar-refractivity contribution in [3.63, 3.8) is 0 Å². The maximum absolute atomic E-state index is 9.38. The molecule has 0 rings (SSSR count). The molecule has 0 amide bonds. The minimum Gasteiger partial charge on any atom is -0.393 e. The molecule has 1 N–H and O–H groups in total. The number of rotatable bonds is 5. The summed E-state index contributed by atoms with van der Waals surface area (Å²) >= 11 is 0. The molecule has 0 aliphatic rings. The number of aliphatic hydroxyl groups is 1. The molecule has 66 valence electrons. The first-order valence-corrected chi connectivity index (χ1v) is 3.91. The van der Waals surface area contributed by atoms with Gasteiger partial charge < -0.3 is 9.84 Å². The molecule has 0 spiro atoms. The summed E-state index contributed by atoms with van der Waals surface area (Å²) in [5.74, 6) is 0. The van der Waals surface area contributed by atoms with Crippen LogP contribution in [-0.2, 0) is 4.74 Å². The Balaban J connectivity index is 3.51. The second-order valence-electron chi connectivity index (χ2n) is 3.10. The van der Waals surface area contributed by atoms with Crippen molar-refractivity contribution in [3.8, 4) is 0 Å². The van der Waals surface area contributed by atoms with Gasteiger partial charge in [-0.1, -0.05) is 5.57 Å². The molecule has 2 atom stereocenters. The Labute approximate surface area is 68.9 Å². The van der Waals surface area contributed by atoms with E-state index < -0.39 is 0 Å². The molecule has 0 saturated carbocycles. The zero-order valence-corrected chi connectivity index (χ0v) is 7.63. The third-order valence-electron chi connectivity index (χ3n) is 1.59. The van der Waals surface area contributed by atoms with Crippen molar-refractivity contribution in [2.24, 2.45) is 0 Å². The van der Waals surface area contributed by atoms with Crippen LogP contribution in [0.2, 0.25) is 0 Å². The molecule has 0 aromatic heterocycles. The smallest absolute Gasteiger partial charge is 0.0601 e. The number of ether oxygens (including phenoxy) is 1. The van der Waals surface area contributed by atoms with E-state index in [9.17, 15) is 5.11 Å². The molecule has 0 aromatic rings. The van der Waals surface area contributed by atoms with E-state index in [0.717, 1.165) is 5.57 Å². The summed E-state index contributed by atoms with van der Waals surface area (Å²) in [6.07, 6.45) is 1.18. The van der Waals surface area contributed by atoms with E-state index in [4.69, 9.17) is 4.74 Å². The zero-order valence-electron chi connectivity index (χ0n) is 7.63. The van der Waals surface area contributed by atoms with Crippen molar-refractivity contribution < 1.29 is 9.84 Å². The van der Waals surface area contributed by atoms with Crippen molar-refractivity contribution in [3.05, 3.63) is 12.2 Å². The van der Waals surface area contributed by atoms with E-state index in [1.54, 1.807) is 7.11 Å². The molecule has 2 heteroatoms. The molecule has 0 radical (unpaired) electrons. The number of aliphatic hydroxyl groups excluding tert-OH is 1. The fraction of sp³-hybridized carbons (Fsp3) is 0.778. The largest absolute Gasteiger partial charge is 0.393 e. The Morgan fingerprint density at radius 3 is 2.55 bits per heavy atom. The normalized spacial score (nSPS) is 16.0. The highest BCUT2D eigenvalue weighted by molar-refractivity contribution is 4.90. The minimum atomic E-state index is -0.303. The molecular formula is C9H18O2. The fourth-order valence-corrected chi connectivity index (χ4v) is 0.965. The average Bonchev–Trinajstić information content (AvgIpc) is 1.85. The molecule has 0 fully saturated rings. The summed E-state index contributed by atoms with van der Waals surface area (Å²) in [6.45, 7) is 7.59. The van der Waals surface area contributed by atoms with Gasteiger partial charge in [0.1, 0.15) is 0 Å². The van der Waals surface area contributed by atoms with Gasteiger partial charge in [0.15, 0.2) is 0 Å². The Morgan fingerprint density at radius 2 is 2.18 bits per heavy atom. The van der Waals surface area contributed by atoms with Crippen LogP contribution in [0.15, 0.2) is 12.2 Å². The van der Waals surface area contributed by atoms with Crippen LogP contribution >= 0.6 is 0 Å². The Morgan fingerprint density at radius 1 is 1.64 bits per heavy atom. The van der Waals surface area contributed by atoms with Gasteiger partial charge in [-0.05, 0) is 26.7 Å². The fourth-order valence-electron chi connectivity index (χ4n) is 0.965. The average molecular weight is 158 g/mol. The van der Waals surface area contributed by atoms with Gasteiger partial charge in [0.05, 0.1) is 12.2 Å². The van der Waals surface area contributed by atoms with Crippen LogP contribution in [0, 0.1) is 0 Å². The van der Waals surface area contributed by atoms with E-state index in [1.807, 2.05) is 13.8 Å². The summed E-state index contributed by atoms with van der Waals surface area (Å²) in [4.78, 5) is 0. The quantitative estimate of drug-likeness (QED) is 0.617. The van der Waals surface area contributed by atoms with Crippen molar-refractivity contribution in [1.29, 1.82) is 0 Å². The first-order valence-electron chi connectivity index (χ1n) is 3.91. The number of hydrogen-bond donors (Lipinski definition) is 1. The van der Waals surface area contributed by atoms with Gasteiger partial charge in [0.25, 0.3) is 0 Å². The van der Waals surface area contributed by atoms with Crippen LogP contribution in [0.5, 0.6) is 0 Å². The van der Waals surface area contributed by atoms with Gasteiger partial charge in [-0.3, -0.25) is 0 Å². The maximum atomic E-state index is 9.38. The van der Waals surface area contributed by atoms with Crippen LogP contribution in [0.25, 0.3) is 0 Å². The highest BCUT2D eigenvalue weighted by Gasteiger charge is 2.08. The monoisotopic (exact) mass is 158 g/mol. The predicted octanol–water partition coefficient (Wildman–Crippen LogP) is 1.74. The van der Waals surface area contributed by atoms with Crippen LogP contribution in [0.1, 0.15) is 26.7 Å². The third kappa shape index (κ3) is 6.07. The highest BCUT2D eigenvalue weighted by Crippen LogP contribution is 2.08. The molecule has 0 aromatic carbocycles. The number of hydrogen-bond acceptors (Lipinski definition) is 2. The molecule has 2 nitrogen and oxygen atoms in total. The summed E-state index contributed by atoms with van der Waals surface area (Å²) in [5, 5.41) is 9.38. The van der Waals surface area contributed by atoms with Gasteiger partial charge in [-0.15, -0.1) is 6.58 Å². The van der Waals surface area contributed by atoms with Crippen LogP contribution in [0.4, 0.5) is 0 Å². The Hall–Kier alpha value is -0.340. The van der Waals surface area contributed by atoms with Gasteiger partial charge in [-0.2, -0.15) is 0 Å². The van der Waals surface area contributed by atoms with Crippen LogP contribution < -0.4 is 0 Å². The minimum absolute atomic E-state index is 0.129. The third-order valence-corrected chi connectivity index (χ3v) is 1.59. The predicted molar refractivity (Wildman–Crippen MR) is 46.5 cm³/mol. The molecule has 0 aliphatic heterocycles. The first-order chi connectivity index (χ1) is 5.06. The first kappa shape index (κ1) is 10.7. The van der Waals surface area contributed by atoms with Crippen molar-refractivity contribution in [1.82, 2.24) is 0 Å². The molecule has 0 heterocycles. The summed E-state index contributed by atoms with van der Waals surface area (Å²) in [5.41, 5.74) is 1.01. The topological polar surface area (TPSA) is 29.5 Å². The lowest BCUT2D eigenvalue weighted by Gasteiger charge is -2.14.